The Morgan fingerprint density at radius 1 is 1.14 bits per heavy atom. The van der Waals surface area contributed by atoms with Crippen LogP contribution in [0, 0.1) is 5.92 Å². The Morgan fingerprint density at radius 2 is 1.90 bits per heavy atom. The fourth-order valence-electron chi connectivity index (χ4n) is 3.77. The summed E-state index contributed by atoms with van der Waals surface area (Å²) in [7, 11) is 0. The predicted molar refractivity (Wildman–Crippen MR) is 114 cm³/mol. The fourth-order valence-corrected chi connectivity index (χ4v) is 3.77. The van der Waals surface area contributed by atoms with Crippen molar-refractivity contribution in [1.29, 1.82) is 0 Å². The van der Waals surface area contributed by atoms with Crippen LogP contribution in [0.2, 0.25) is 0 Å². The number of nitrogens with zero attached hydrogens (tertiary/aromatic N) is 1. The Labute approximate surface area is 170 Å². The summed E-state index contributed by atoms with van der Waals surface area (Å²) in [5, 5.41) is 15.4. The summed E-state index contributed by atoms with van der Waals surface area (Å²) >= 11 is 0. The molecule has 6 heteroatoms. The summed E-state index contributed by atoms with van der Waals surface area (Å²) in [6, 6.07) is 16.2. The highest BCUT2D eigenvalue weighted by Gasteiger charge is 2.33. The molecule has 1 aromatic heterocycles. The van der Waals surface area contributed by atoms with Crippen molar-refractivity contribution in [2.75, 3.05) is 5.32 Å². The number of amides is 2. The van der Waals surface area contributed by atoms with Crippen LogP contribution in [0.1, 0.15) is 43.9 Å². The number of aromatic amines is 1. The zero-order chi connectivity index (χ0) is 20.4. The molecule has 1 fully saturated rings. The van der Waals surface area contributed by atoms with Gasteiger partial charge in [-0.2, -0.15) is 5.10 Å². The number of hydrogen-bond acceptors (Lipinski definition) is 3. The number of aromatic nitrogens is 2. The zero-order valence-electron chi connectivity index (χ0n) is 16.7. The molecule has 0 spiro atoms. The number of benzene rings is 2. The van der Waals surface area contributed by atoms with Crippen LogP contribution in [0.15, 0.2) is 48.5 Å². The van der Waals surface area contributed by atoms with Gasteiger partial charge in [0, 0.05) is 29.6 Å². The second-order valence-electron chi connectivity index (χ2n) is 8.10. The van der Waals surface area contributed by atoms with E-state index in [0.717, 1.165) is 34.9 Å². The van der Waals surface area contributed by atoms with Crippen molar-refractivity contribution in [2.24, 2.45) is 5.92 Å². The van der Waals surface area contributed by atoms with Crippen LogP contribution in [-0.2, 0) is 16.0 Å². The quantitative estimate of drug-likeness (QED) is 0.599. The molecule has 3 N–H and O–H groups in total. The van der Waals surface area contributed by atoms with Crippen molar-refractivity contribution in [1.82, 2.24) is 15.5 Å². The van der Waals surface area contributed by atoms with E-state index >= 15 is 0 Å². The van der Waals surface area contributed by atoms with E-state index in [-0.39, 0.29) is 23.8 Å². The average molecular weight is 390 g/mol. The lowest BCUT2D eigenvalue weighted by atomic mass is 9.78. The highest BCUT2D eigenvalue weighted by molar-refractivity contribution is 5.95. The molecule has 0 aliphatic heterocycles. The van der Waals surface area contributed by atoms with Gasteiger partial charge < -0.3 is 10.6 Å². The number of anilines is 1. The van der Waals surface area contributed by atoms with Crippen LogP contribution < -0.4 is 10.6 Å². The highest BCUT2D eigenvalue weighted by Crippen LogP contribution is 2.36. The molecule has 2 aromatic carbocycles. The largest absolute Gasteiger partial charge is 0.353 e. The molecular formula is C23H26N4O2. The van der Waals surface area contributed by atoms with Gasteiger partial charge in [0.15, 0.2) is 5.82 Å². The van der Waals surface area contributed by atoms with Gasteiger partial charge in [0.05, 0.1) is 6.42 Å². The molecule has 1 aliphatic carbocycles. The molecule has 0 saturated heterocycles. The topological polar surface area (TPSA) is 86.9 Å². The number of hydrogen-bond donors (Lipinski definition) is 3. The average Bonchev–Trinajstić information content (AvgIpc) is 3.12. The van der Waals surface area contributed by atoms with Gasteiger partial charge in [-0.15, -0.1) is 0 Å². The van der Waals surface area contributed by atoms with E-state index in [4.69, 9.17) is 0 Å². The fraction of sp³-hybridized carbons (Fsp3) is 0.348. The first-order valence-corrected chi connectivity index (χ1v) is 10.1. The molecule has 1 saturated carbocycles. The normalized spacial score (nSPS) is 18.4. The van der Waals surface area contributed by atoms with Gasteiger partial charge in [0.1, 0.15) is 0 Å². The Balaban J connectivity index is 1.33. The molecule has 0 unspecified atom stereocenters. The molecule has 4 rings (SSSR count). The third-order valence-electron chi connectivity index (χ3n) is 5.54. The van der Waals surface area contributed by atoms with E-state index in [9.17, 15) is 9.59 Å². The molecule has 1 heterocycles. The molecule has 6 nitrogen and oxygen atoms in total. The SMILES string of the molecule is CC(C)C(=O)N[C@H]1C[C@@H](c2cc(NC(=O)Cc3cccc4ccccc34)n[nH]2)C1. The Kier molecular flexibility index (Phi) is 5.34. The van der Waals surface area contributed by atoms with Crippen molar-refractivity contribution in [3.63, 3.8) is 0 Å². The number of carbonyl (C=O) groups is 2. The minimum Gasteiger partial charge on any atom is -0.353 e. The van der Waals surface area contributed by atoms with Crippen molar-refractivity contribution >= 4 is 28.4 Å². The number of H-pyrrole nitrogens is 1. The molecular weight excluding hydrogens is 364 g/mol. The summed E-state index contributed by atoms with van der Waals surface area (Å²) in [4.78, 5) is 24.3. The molecule has 0 bridgehead atoms. The highest BCUT2D eigenvalue weighted by atomic mass is 16.2. The second kappa shape index (κ2) is 8.07. The van der Waals surface area contributed by atoms with E-state index < -0.39 is 0 Å². The molecule has 0 radical (unpaired) electrons. The maximum Gasteiger partial charge on any atom is 0.230 e. The lowest BCUT2D eigenvalue weighted by molar-refractivity contribution is -0.125. The lowest BCUT2D eigenvalue weighted by Gasteiger charge is -2.35. The van der Waals surface area contributed by atoms with Gasteiger partial charge >= 0.3 is 0 Å². The third-order valence-corrected chi connectivity index (χ3v) is 5.54. The minimum atomic E-state index is -0.0879. The van der Waals surface area contributed by atoms with Crippen LogP contribution in [0.3, 0.4) is 0 Å². The van der Waals surface area contributed by atoms with Crippen molar-refractivity contribution in [2.45, 2.75) is 45.1 Å². The molecule has 3 aromatic rings. The number of fused-ring (bicyclic) bond motifs is 1. The molecule has 150 valence electrons. The van der Waals surface area contributed by atoms with Crippen molar-refractivity contribution in [3.8, 4) is 0 Å². The third kappa shape index (κ3) is 4.31. The van der Waals surface area contributed by atoms with E-state index in [1.165, 1.54) is 0 Å². The summed E-state index contributed by atoms with van der Waals surface area (Å²) < 4.78 is 0. The van der Waals surface area contributed by atoms with Gasteiger partial charge in [0.25, 0.3) is 0 Å². The van der Waals surface area contributed by atoms with Crippen molar-refractivity contribution < 1.29 is 9.59 Å². The zero-order valence-corrected chi connectivity index (χ0v) is 16.7. The first kappa shape index (κ1) is 19.2. The first-order valence-electron chi connectivity index (χ1n) is 10.1. The van der Waals surface area contributed by atoms with Gasteiger partial charge in [0.2, 0.25) is 11.8 Å². The van der Waals surface area contributed by atoms with E-state index in [0.29, 0.717) is 18.2 Å². The molecule has 0 atom stereocenters. The maximum atomic E-state index is 12.5. The van der Waals surface area contributed by atoms with Crippen LogP contribution in [0.25, 0.3) is 10.8 Å². The molecule has 29 heavy (non-hydrogen) atoms. The number of nitrogens with one attached hydrogen (secondary N) is 3. The Bertz CT molecular complexity index is 1030. The van der Waals surface area contributed by atoms with Gasteiger partial charge in [-0.1, -0.05) is 56.3 Å². The number of carbonyl (C=O) groups excluding carboxylic acids is 2. The van der Waals surface area contributed by atoms with Crippen LogP contribution in [0.4, 0.5) is 5.82 Å². The second-order valence-corrected chi connectivity index (χ2v) is 8.10. The molecule has 1 aliphatic rings. The smallest absolute Gasteiger partial charge is 0.230 e. The predicted octanol–water partition coefficient (Wildman–Crippen LogP) is 3.76. The summed E-state index contributed by atoms with van der Waals surface area (Å²) in [5.74, 6) is 0.892. The van der Waals surface area contributed by atoms with Gasteiger partial charge in [-0.25, -0.2) is 0 Å². The minimum absolute atomic E-state index is 0.00440. The lowest BCUT2D eigenvalue weighted by Crippen LogP contribution is -2.44. The van der Waals surface area contributed by atoms with E-state index in [2.05, 4.69) is 20.8 Å². The van der Waals surface area contributed by atoms with E-state index in [1.807, 2.05) is 62.4 Å². The summed E-state index contributed by atoms with van der Waals surface area (Å²) in [6.45, 7) is 3.79. The van der Waals surface area contributed by atoms with Gasteiger partial charge in [-0.05, 0) is 29.2 Å². The van der Waals surface area contributed by atoms with Crippen LogP contribution in [0.5, 0.6) is 0 Å². The summed E-state index contributed by atoms with van der Waals surface area (Å²) in [6.07, 6.45) is 2.09. The standard InChI is InChI=1S/C23H26N4O2/c1-14(2)23(29)24-18-10-17(11-18)20-13-21(27-26-20)25-22(28)12-16-8-5-7-15-6-3-4-9-19(15)16/h3-9,13-14,17-18H,10-12H2,1-2H3,(H,24,29)(H2,25,26,27,28)/t17-,18+. The van der Waals surface area contributed by atoms with Crippen LogP contribution in [-0.4, -0.2) is 28.1 Å². The van der Waals surface area contributed by atoms with Crippen LogP contribution >= 0.6 is 0 Å². The van der Waals surface area contributed by atoms with Crippen molar-refractivity contribution in [3.05, 3.63) is 59.8 Å². The monoisotopic (exact) mass is 390 g/mol. The maximum absolute atomic E-state index is 12.5. The number of rotatable bonds is 6. The Hall–Kier alpha value is -3.15. The summed E-state index contributed by atoms with van der Waals surface area (Å²) in [5.41, 5.74) is 2.00. The Morgan fingerprint density at radius 3 is 2.69 bits per heavy atom. The van der Waals surface area contributed by atoms with Gasteiger partial charge in [-0.3, -0.25) is 14.7 Å². The molecule has 2 amide bonds. The first-order chi connectivity index (χ1) is 14.0. The van der Waals surface area contributed by atoms with E-state index in [1.54, 1.807) is 0 Å².